The quantitative estimate of drug-likeness (QED) is 0.710. The number of carboxylic acid groups (broad SMARTS) is 1. The van der Waals surface area contributed by atoms with E-state index in [9.17, 15) is 4.79 Å². The summed E-state index contributed by atoms with van der Waals surface area (Å²) in [6.45, 7) is 2.56. The first-order chi connectivity index (χ1) is 10.1. The maximum atomic E-state index is 10.5. The second-order valence-corrected chi connectivity index (χ2v) is 4.76. The highest BCUT2D eigenvalue weighted by Gasteiger charge is 2.10. The Bertz CT molecular complexity index is 483. The summed E-state index contributed by atoms with van der Waals surface area (Å²) < 4.78 is 10.2. The molecule has 0 aromatic heterocycles. The molecule has 0 unspecified atom stereocenters. The van der Waals surface area contributed by atoms with Gasteiger partial charge in [-0.2, -0.15) is 0 Å². The van der Waals surface area contributed by atoms with Gasteiger partial charge in [-0.1, -0.05) is 17.7 Å². The maximum Gasteiger partial charge on any atom is 0.328 e. The minimum absolute atomic E-state index is 0.565. The van der Waals surface area contributed by atoms with Crippen LogP contribution in [0.3, 0.4) is 0 Å². The lowest BCUT2D eigenvalue weighted by atomic mass is 10.1. The van der Waals surface area contributed by atoms with Crippen LogP contribution in [0.5, 0.6) is 0 Å². The highest BCUT2D eigenvalue weighted by Crippen LogP contribution is 2.27. The molecule has 1 N–H and O–H groups in total. The van der Waals surface area contributed by atoms with E-state index in [4.69, 9.17) is 26.2 Å². The zero-order valence-electron chi connectivity index (χ0n) is 12.2. The van der Waals surface area contributed by atoms with Crippen molar-refractivity contribution in [1.82, 2.24) is 0 Å². The minimum atomic E-state index is -0.989. The molecule has 0 saturated heterocycles. The van der Waals surface area contributed by atoms with Gasteiger partial charge < -0.3 is 19.5 Å². The molecule has 0 aliphatic carbocycles. The van der Waals surface area contributed by atoms with E-state index < -0.39 is 5.97 Å². The Morgan fingerprint density at radius 3 is 2.38 bits per heavy atom. The van der Waals surface area contributed by atoms with Crippen molar-refractivity contribution >= 4 is 29.3 Å². The average Bonchev–Trinajstić information content (AvgIpc) is 2.46. The van der Waals surface area contributed by atoms with Crippen LogP contribution in [-0.2, 0) is 14.3 Å². The van der Waals surface area contributed by atoms with Crippen LogP contribution in [0.2, 0.25) is 5.02 Å². The molecule has 0 bridgehead atoms. The molecule has 1 aromatic carbocycles. The molecule has 0 heterocycles. The van der Waals surface area contributed by atoms with Crippen LogP contribution in [0.25, 0.3) is 6.08 Å². The predicted octanol–water partition coefficient (Wildman–Crippen LogP) is 2.54. The van der Waals surface area contributed by atoms with Gasteiger partial charge in [0.2, 0.25) is 0 Å². The number of rotatable bonds is 9. The normalized spacial score (nSPS) is 11.0. The topological polar surface area (TPSA) is 59.0 Å². The van der Waals surface area contributed by atoms with Crippen molar-refractivity contribution in [3.63, 3.8) is 0 Å². The first kappa shape index (κ1) is 17.5. The molecule has 21 heavy (non-hydrogen) atoms. The van der Waals surface area contributed by atoms with Gasteiger partial charge in [-0.3, -0.25) is 0 Å². The molecule has 5 nitrogen and oxygen atoms in total. The number of hydrogen-bond acceptors (Lipinski definition) is 4. The number of carboxylic acids is 1. The Hall–Kier alpha value is -1.56. The Kier molecular flexibility index (Phi) is 7.82. The third kappa shape index (κ3) is 6.16. The summed E-state index contributed by atoms with van der Waals surface area (Å²) in [5.41, 5.74) is 1.61. The van der Waals surface area contributed by atoms with E-state index in [1.807, 2.05) is 12.1 Å². The van der Waals surface area contributed by atoms with E-state index in [0.29, 0.717) is 31.3 Å². The monoisotopic (exact) mass is 313 g/mol. The Morgan fingerprint density at radius 1 is 1.29 bits per heavy atom. The van der Waals surface area contributed by atoms with Gasteiger partial charge in [0, 0.05) is 33.4 Å². The molecule has 0 saturated carbocycles. The van der Waals surface area contributed by atoms with Crippen molar-refractivity contribution < 1.29 is 19.4 Å². The second-order valence-electron chi connectivity index (χ2n) is 4.36. The number of methoxy groups -OCH3 is 2. The first-order valence-corrected chi connectivity index (χ1v) is 6.89. The van der Waals surface area contributed by atoms with Crippen LogP contribution >= 0.6 is 11.6 Å². The van der Waals surface area contributed by atoms with Crippen LogP contribution in [-0.4, -0.2) is 51.6 Å². The SMILES string of the molecule is COCCN(CCOC)c1ccc(/C=C/C(=O)O)cc1Cl. The number of halogens is 1. The first-order valence-electron chi connectivity index (χ1n) is 6.52. The Morgan fingerprint density at radius 2 is 1.90 bits per heavy atom. The zero-order valence-corrected chi connectivity index (χ0v) is 13.0. The maximum absolute atomic E-state index is 10.5. The highest BCUT2D eigenvalue weighted by molar-refractivity contribution is 6.33. The van der Waals surface area contributed by atoms with E-state index >= 15 is 0 Å². The summed E-state index contributed by atoms with van der Waals surface area (Å²) >= 11 is 6.29. The molecular formula is C15H20ClNO4. The van der Waals surface area contributed by atoms with Gasteiger partial charge in [-0.25, -0.2) is 4.79 Å². The largest absolute Gasteiger partial charge is 0.478 e. The number of nitrogens with zero attached hydrogens (tertiary/aromatic N) is 1. The number of anilines is 1. The lowest BCUT2D eigenvalue weighted by Gasteiger charge is -2.25. The van der Waals surface area contributed by atoms with Crippen LogP contribution in [0.4, 0.5) is 5.69 Å². The van der Waals surface area contributed by atoms with Crippen molar-refractivity contribution in [2.45, 2.75) is 0 Å². The highest BCUT2D eigenvalue weighted by atomic mass is 35.5. The molecule has 0 aliphatic rings. The summed E-state index contributed by atoms with van der Waals surface area (Å²) in [6, 6.07) is 5.44. The molecule has 0 spiro atoms. The molecule has 0 radical (unpaired) electrons. The molecule has 0 atom stereocenters. The van der Waals surface area contributed by atoms with Crippen molar-refractivity contribution in [2.24, 2.45) is 0 Å². The van der Waals surface area contributed by atoms with Crippen molar-refractivity contribution in [2.75, 3.05) is 45.4 Å². The number of carbonyl (C=O) groups is 1. The smallest absolute Gasteiger partial charge is 0.328 e. The predicted molar refractivity (Wildman–Crippen MR) is 84.1 cm³/mol. The third-order valence-electron chi connectivity index (χ3n) is 2.86. The van der Waals surface area contributed by atoms with Crippen molar-refractivity contribution in [3.8, 4) is 0 Å². The number of aliphatic carboxylic acids is 1. The van der Waals surface area contributed by atoms with Crippen LogP contribution in [0, 0.1) is 0 Å². The Balaban J connectivity index is 2.89. The fraction of sp³-hybridized carbons (Fsp3) is 0.400. The summed E-state index contributed by atoms with van der Waals surface area (Å²) in [5.74, 6) is -0.989. The number of benzene rings is 1. The fourth-order valence-electron chi connectivity index (χ4n) is 1.81. The van der Waals surface area contributed by atoms with E-state index in [1.54, 1.807) is 20.3 Å². The fourth-order valence-corrected chi connectivity index (χ4v) is 2.11. The molecular weight excluding hydrogens is 294 g/mol. The van der Waals surface area contributed by atoms with Gasteiger partial charge in [-0.05, 0) is 23.8 Å². The van der Waals surface area contributed by atoms with E-state index in [2.05, 4.69) is 4.90 Å². The summed E-state index contributed by atoms with van der Waals surface area (Å²) in [6.07, 6.45) is 2.59. The summed E-state index contributed by atoms with van der Waals surface area (Å²) in [7, 11) is 3.30. The molecule has 0 fully saturated rings. The molecule has 0 amide bonds. The van der Waals surface area contributed by atoms with Crippen LogP contribution in [0.1, 0.15) is 5.56 Å². The van der Waals surface area contributed by atoms with Gasteiger partial charge in [0.1, 0.15) is 0 Å². The lowest BCUT2D eigenvalue weighted by Crippen LogP contribution is -2.30. The average molecular weight is 314 g/mol. The van der Waals surface area contributed by atoms with Crippen LogP contribution < -0.4 is 4.90 Å². The lowest BCUT2D eigenvalue weighted by molar-refractivity contribution is -0.131. The molecule has 116 valence electrons. The van der Waals surface area contributed by atoms with E-state index in [1.165, 1.54) is 6.08 Å². The molecule has 1 aromatic rings. The minimum Gasteiger partial charge on any atom is -0.478 e. The van der Waals surface area contributed by atoms with E-state index in [0.717, 1.165) is 17.3 Å². The van der Waals surface area contributed by atoms with Gasteiger partial charge in [0.05, 0.1) is 23.9 Å². The molecule has 6 heteroatoms. The van der Waals surface area contributed by atoms with Crippen LogP contribution in [0.15, 0.2) is 24.3 Å². The summed E-state index contributed by atoms with van der Waals surface area (Å²) in [4.78, 5) is 12.6. The van der Waals surface area contributed by atoms with Gasteiger partial charge >= 0.3 is 5.97 Å². The molecule has 0 aliphatic heterocycles. The van der Waals surface area contributed by atoms with Gasteiger partial charge in [0.25, 0.3) is 0 Å². The second kappa shape index (κ2) is 9.39. The van der Waals surface area contributed by atoms with Gasteiger partial charge in [-0.15, -0.1) is 0 Å². The van der Waals surface area contributed by atoms with Crippen molar-refractivity contribution in [1.29, 1.82) is 0 Å². The zero-order chi connectivity index (χ0) is 15.7. The number of hydrogen-bond donors (Lipinski definition) is 1. The third-order valence-corrected chi connectivity index (χ3v) is 3.16. The molecule has 1 rings (SSSR count). The Labute approximate surface area is 129 Å². The van der Waals surface area contributed by atoms with Crippen molar-refractivity contribution in [3.05, 3.63) is 34.9 Å². The number of ether oxygens (including phenoxy) is 2. The standard InChI is InChI=1S/C15H20ClNO4/c1-20-9-7-17(8-10-21-2)14-5-3-12(11-13(14)16)4-6-15(18)19/h3-6,11H,7-10H2,1-2H3,(H,18,19)/b6-4+. The van der Waals surface area contributed by atoms with Gasteiger partial charge in [0.15, 0.2) is 0 Å². The van der Waals surface area contributed by atoms with E-state index in [-0.39, 0.29) is 0 Å². The summed E-state index contributed by atoms with van der Waals surface area (Å²) in [5, 5.41) is 9.19.